The number of carbonyl (C=O) groups excluding carboxylic acids is 1. The molecule has 0 saturated carbocycles. The second kappa shape index (κ2) is 7.19. The van der Waals surface area contributed by atoms with E-state index in [1.165, 1.54) is 12.1 Å². The molecule has 3 aromatic carbocycles. The van der Waals surface area contributed by atoms with Crippen molar-refractivity contribution in [1.82, 2.24) is 0 Å². The van der Waals surface area contributed by atoms with E-state index in [1.807, 2.05) is 30.3 Å². The number of aromatic carboxylic acids is 1. The summed E-state index contributed by atoms with van der Waals surface area (Å²) in [6.07, 6.45) is -0.191. The number of ketones is 1. The van der Waals surface area contributed by atoms with Gasteiger partial charge in [0.2, 0.25) is 0 Å². The predicted octanol–water partition coefficient (Wildman–Crippen LogP) is 4.27. The zero-order chi connectivity index (χ0) is 19.7. The first-order chi connectivity index (χ1) is 13.5. The van der Waals surface area contributed by atoms with Crippen LogP contribution in [0.4, 0.5) is 0 Å². The number of para-hydroxylation sites is 1. The lowest BCUT2D eigenvalue weighted by molar-refractivity contribution is 0.0655. The van der Waals surface area contributed by atoms with E-state index in [1.54, 1.807) is 30.3 Å². The number of carbonyl (C=O) groups is 2. The van der Waals surface area contributed by atoms with Gasteiger partial charge in [-0.2, -0.15) is 0 Å². The Labute approximate surface area is 161 Å². The molecule has 0 bridgehead atoms. The van der Waals surface area contributed by atoms with E-state index in [-0.39, 0.29) is 17.1 Å². The lowest BCUT2D eigenvalue weighted by Gasteiger charge is -2.33. The summed E-state index contributed by atoms with van der Waals surface area (Å²) in [5.74, 6) is -1.63. The molecule has 0 spiro atoms. The molecule has 2 atom stereocenters. The van der Waals surface area contributed by atoms with Gasteiger partial charge in [0.25, 0.3) is 0 Å². The fourth-order valence-corrected chi connectivity index (χ4v) is 3.60. The van der Waals surface area contributed by atoms with Crippen LogP contribution in [0.25, 0.3) is 0 Å². The molecule has 0 aromatic heterocycles. The largest absolute Gasteiger partial charge is 0.507 e. The number of aromatic hydroxyl groups is 1. The van der Waals surface area contributed by atoms with Crippen molar-refractivity contribution in [3.8, 4) is 11.5 Å². The molecular formula is C23H18O5. The van der Waals surface area contributed by atoms with Crippen LogP contribution in [0.1, 0.15) is 37.9 Å². The SMILES string of the molecule is O=C(O)c1cc(C2Oc3ccccc3C(=O)C2Cc2ccccc2)ccc1O. The van der Waals surface area contributed by atoms with Crippen molar-refractivity contribution in [3.05, 3.63) is 95.1 Å². The molecule has 0 fully saturated rings. The zero-order valence-electron chi connectivity index (χ0n) is 14.9. The molecule has 0 saturated heterocycles. The summed E-state index contributed by atoms with van der Waals surface area (Å²) in [7, 11) is 0. The number of hydrogen-bond acceptors (Lipinski definition) is 4. The number of carboxylic acid groups (broad SMARTS) is 1. The fourth-order valence-electron chi connectivity index (χ4n) is 3.60. The summed E-state index contributed by atoms with van der Waals surface area (Å²) in [5.41, 5.74) is 1.84. The molecule has 3 aromatic rings. The first-order valence-electron chi connectivity index (χ1n) is 8.94. The minimum absolute atomic E-state index is 0.0411. The summed E-state index contributed by atoms with van der Waals surface area (Å²) < 4.78 is 6.15. The van der Waals surface area contributed by atoms with Crippen LogP contribution in [-0.4, -0.2) is 22.0 Å². The third-order valence-electron chi connectivity index (χ3n) is 4.99. The number of carboxylic acids is 1. The standard InChI is InChI=1S/C23H18O5/c24-19-11-10-15(13-17(19)23(26)27)22-18(12-14-6-2-1-3-7-14)21(25)16-8-4-5-9-20(16)28-22/h1-11,13,18,22,24H,12H2,(H,26,27). The Morgan fingerprint density at radius 1 is 0.964 bits per heavy atom. The molecule has 5 nitrogen and oxygen atoms in total. The van der Waals surface area contributed by atoms with Crippen molar-refractivity contribution in [1.29, 1.82) is 0 Å². The molecule has 140 valence electrons. The van der Waals surface area contributed by atoms with E-state index in [0.717, 1.165) is 5.56 Å². The second-order valence-electron chi connectivity index (χ2n) is 6.78. The predicted molar refractivity (Wildman–Crippen MR) is 103 cm³/mol. The maximum absolute atomic E-state index is 13.2. The molecule has 1 heterocycles. The van der Waals surface area contributed by atoms with Gasteiger partial charge in [0, 0.05) is 0 Å². The summed E-state index contributed by atoms with van der Waals surface area (Å²) >= 11 is 0. The van der Waals surface area contributed by atoms with Gasteiger partial charge in [0.15, 0.2) is 5.78 Å². The topological polar surface area (TPSA) is 83.8 Å². The van der Waals surface area contributed by atoms with Crippen molar-refractivity contribution in [2.75, 3.05) is 0 Å². The number of ether oxygens (including phenoxy) is 1. The number of benzene rings is 3. The van der Waals surface area contributed by atoms with Crippen LogP contribution in [0.5, 0.6) is 11.5 Å². The molecule has 5 heteroatoms. The van der Waals surface area contributed by atoms with E-state index in [9.17, 15) is 19.8 Å². The second-order valence-corrected chi connectivity index (χ2v) is 6.78. The minimum atomic E-state index is -1.23. The summed E-state index contributed by atoms with van der Waals surface area (Å²) in [6.45, 7) is 0. The minimum Gasteiger partial charge on any atom is -0.507 e. The smallest absolute Gasteiger partial charge is 0.339 e. The van der Waals surface area contributed by atoms with Crippen LogP contribution in [0.15, 0.2) is 72.8 Å². The first kappa shape index (κ1) is 17.8. The van der Waals surface area contributed by atoms with Crippen molar-refractivity contribution in [2.24, 2.45) is 5.92 Å². The summed E-state index contributed by atoms with van der Waals surface area (Å²) in [4.78, 5) is 24.7. The number of rotatable bonds is 4. The van der Waals surface area contributed by atoms with Gasteiger partial charge in [0.05, 0.1) is 11.5 Å². The molecule has 0 amide bonds. The van der Waals surface area contributed by atoms with Gasteiger partial charge in [-0.3, -0.25) is 4.79 Å². The highest BCUT2D eigenvalue weighted by atomic mass is 16.5. The third kappa shape index (κ3) is 3.22. The average molecular weight is 374 g/mol. The van der Waals surface area contributed by atoms with Crippen LogP contribution in [-0.2, 0) is 6.42 Å². The van der Waals surface area contributed by atoms with E-state index in [2.05, 4.69) is 0 Å². The Balaban J connectivity index is 1.79. The van der Waals surface area contributed by atoms with Gasteiger partial charge in [-0.15, -0.1) is 0 Å². The van der Waals surface area contributed by atoms with Crippen molar-refractivity contribution in [3.63, 3.8) is 0 Å². The van der Waals surface area contributed by atoms with Crippen molar-refractivity contribution < 1.29 is 24.5 Å². The van der Waals surface area contributed by atoms with Crippen LogP contribution in [0.2, 0.25) is 0 Å². The van der Waals surface area contributed by atoms with E-state index in [0.29, 0.717) is 23.3 Å². The highest BCUT2D eigenvalue weighted by Gasteiger charge is 2.38. The van der Waals surface area contributed by atoms with Gasteiger partial charge in [0.1, 0.15) is 23.2 Å². The van der Waals surface area contributed by atoms with Crippen LogP contribution in [0.3, 0.4) is 0 Å². The van der Waals surface area contributed by atoms with E-state index in [4.69, 9.17) is 4.74 Å². The third-order valence-corrected chi connectivity index (χ3v) is 4.99. The quantitative estimate of drug-likeness (QED) is 0.713. The van der Waals surface area contributed by atoms with Crippen molar-refractivity contribution >= 4 is 11.8 Å². The fraction of sp³-hybridized carbons (Fsp3) is 0.130. The molecule has 2 N–H and O–H groups in total. The van der Waals surface area contributed by atoms with Crippen molar-refractivity contribution in [2.45, 2.75) is 12.5 Å². The van der Waals surface area contributed by atoms with E-state index >= 15 is 0 Å². The highest BCUT2D eigenvalue weighted by Crippen LogP contribution is 2.41. The van der Waals surface area contributed by atoms with Crippen LogP contribution < -0.4 is 4.74 Å². The summed E-state index contributed by atoms with van der Waals surface area (Å²) in [6, 6.07) is 21.0. The maximum atomic E-state index is 13.2. The maximum Gasteiger partial charge on any atom is 0.339 e. The molecule has 1 aliphatic rings. The van der Waals surface area contributed by atoms with Gasteiger partial charge < -0.3 is 14.9 Å². The van der Waals surface area contributed by atoms with Gasteiger partial charge in [-0.05, 0) is 41.8 Å². The average Bonchev–Trinajstić information content (AvgIpc) is 2.71. The zero-order valence-corrected chi connectivity index (χ0v) is 14.9. The van der Waals surface area contributed by atoms with Crippen LogP contribution in [0, 0.1) is 5.92 Å². The highest BCUT2D eigenvalue weighted by molar-refractivity contribution is 6.02. The Bertz CT molecular complexity index is 1040. The normalized spacial score (nSPS) is 18.2. The lowest BCUT2D eigenvalue weighted by Crippen LogP contribution is -2.33. The molecule has 1 aliphatic heterocycles. The number of Topliss-reactive ketones (excluding diaryl/α,β-unsaturated/α-hetero) is 1. The number of hydrogen-bond donors (Lipinski definition) is 2. The molecule has 0 radical (unpaired) electrons. The van der Waals surface area contributed by atoms with E-state index < -0.39 is 18.0 Å². The van der Waals surface area contributed by atoms with Gasteiger partial charge >= 0.3 is 5.97 Å². The Kier molecular flexibility index (Phi) is 4.57. The Morgan fingerprint density at radius 3 is 2.43 bits per heavy atom. The van der Waals surface area contributed by atoms with Crippen LogP contribution >= 0.6 is 0 Å². The Morgan fingerprint density at radius 2 is 1.68 bits per heavy atom. The molecule has 0 aliphatic carbocycles. The lowest BCUT2D eigenvalue weighted by atomic mass is 9.81. The Hall–Kier alpha value is -3.60. The molecule has 4 rings (SSSR count). The molecular weight excluding hydrogens is 356 g/mol. The monoisotopic (exact) mass is 374 g/mol. The number of fused-ring (bicyclic) bond motifs is 1. The molecule has 2 unspecified atom stereocenters. The van der Waals surface area contributed by atoms with Gasteiger partial charge in [-0.1, -0.05) is 48.5 Å². The first-order valence-corrected chi connectivity index (χ1v) is 8.94. The number of phenols is 1. The molecule has 28 heavy (non-hydrogen) atoms. The summed E-state index contributed by atoms with van der Waals surface area (Å²) in [5, 5.41) is 19.2. The van der Waals surface area contributed by atoms with Gasteiger partial charge in [-0.25, -0.2) is 4.79 Å².